The highest BCUT2D eigenvalue weighted by Gasteiger charge is 2.11. The van der Waals surface area contributed by atoms with E-state index in [1.165, 1.54) is 0 Å². The molecule has 0 amide bonds. The molecule has 0 saturated carbocycles. The number of aromatic nitrogens is 3. The molecule has 0 aliphatic heterocycles. The topological polar surface area (TPSA) is 69.4 Å². The van der Waals surface area contributed by atoms with Gasteiger partial charge in [-0.3, -0.25) is 0 Å². The summed E-state index contributed by atoms with van der Waals surface area (Å²) < 4.78 is 18.7. The van der Waals surface area contributed by atoms with Gasteiger partial charge in [0.25, 0.3) is 0 Å². The summed E-state index contributed by atoms with van der Waals surface area (Å²) in [7, 11) is -0.0374. The molecular formula is C14H27N3O3. The van der Waals surface area contributed by atoms with E-state index in [-0.39, 0.29) is 7.09 Å². The van der Waals surface area contributed by atoms with Crippen molar-refractivity contribution < 1.29 is 16.0 Å². The van der Waals surface area contributed by atoms with E-state index < -0.39 is 5.60 Å². The van der Waals surface area contributed by atoms with Crippen LogP contribution in [0.25, 0.3) is 0 Å². The van der Waals surface area contributed by atoms with E-state index >= 15 is 0 Å². The van der Waals surface area contributed by atoms with Crippen molar-refractivity contribution in [2.45, 2.75) is 58.3 Å². The lowest BCUT2D eigenvalue weighted by Crippen LogP contribution is -2.17. The van der Waals surface area contributed by atoms with Crippen molar-refractivity contribution >= 4 is 0 Å². The van der Waals surface area contributed by atoms with E-state index in [4.69, 9.17) is 10.8 Å². The average molecular weight is 286 g/mol. The van der Waals surface area contributed by atoms with Gasteiger partial charge in [0.1, 0.15) is 6.73 Å². The van der Waals surface area contributed by atoms with E-state index in [1.807, 2.05) is 20.0 Å². The second kappa shape index (κ2) is 9.05. The van der Waals surface area contributed by atoms with Gasteiger partial charge in [-0.15, -0.1) is 5.10 Å². The van der Waals surface area contributed by atoms with Crippen LogP contribution >= 0.6 is 0 Å². The Hall–Kier alpha value is -0.980. The minimum absolute atomic E-state index is 0.0374. The van der Waals surface area contributed by atoms with Gasteiger partial charge in [0.15, 0.2) is 0 Å². The Morgan fingerprint density at radius 1 is 1.35 bits per heavy atom. The molecule has 0 fully saturated rings. The van der Waals surface area contributed by atoms with Crippen LogP contribution in [0, 0.1) is 0 Å². The van der Waals surface area contributed by atoms with Gasteiger partial charge >= 0.3 is 0 Å². The lowest BCUT2D eigenvalue weighted by atomic mass is 10.00. The van der Waals surface area contributed by atoms with Gasteiger partial charge in [-0.1, -0.05) is 18.1 Å². The summed E-state index contributed by atoms with van der Waals surface area (Å²) >= 11 is 0. The number of ether oxygens (including phenoxy) is 2. The molecule has 0 spiro atoms. The van der Waals surface area contributed by atoms with Crippen molar-refractivity contribution in [1.82, 2.24) is 15.0 Å². The zero-order chi connectivity index (χ0) is 15.6. The Morgan fingerprint density at radius 2 is 2.20 bits per heavy atom. The molecule has 6 heteroatoms. The van der Waals surface area contributed by atoms with Gasteiger partial charge in [-0.25, -0.2) is 4.68 Å². The third-order valence-electron chi connectivity index (χ3n) is 2.90. The number of methoxy groups -OCH3 is 1. The third-order valence-corrected chi connectivity index (χ3v) is 2.90. The second-order valence-electron chi connectivity index (χ2n) is 5.57. The zero-order valence-corrected chi connectivity index (χ0v) is 12.5. The third kappa shape index (κ3) is 8.24. The first kappa shape index (κ1) is 15.4. The van der Waals surface area contributed by atoms with Crippen molar-refractivity contribution in [2.24, 2.45) is 0 Å². The molecule has 1 rings (SSSR count). The molecule has 20 heavy (non-hydrogen) atoms. The highest BCUT2D eigenvalue weighted by molar-refractivity contribution is 4.91. The van der Waals surface area contributed by atoms with Crippen molar-refractivity contribution in [3.63, 3.8) is 0 Å². The first-order chi connectivity index (χ1) is 10.0. The lowest BCUT2D eigenvalue weighted by Gasteiger charge is -2.16. The largest absolute Gasteiger partial charge is 0.390 e. The highest BCUT2D eigenvalue weighted by atomic mass is 16.5. The van der Waals surface area contributed by atoms with Gasteiger partial charge in [-0.05, 0) is 33.1 Å². The Bertz CT molecular complexity index is 380. The maximum absolute atomic E-state index is 9.61. The van der Waals surface area contributed by atoms with Gasteiger partial charge in [-0.2, -0.15) is 0 Å². The van der Waals surface area contributed by atoms with E-state index in [0.29, 0.717) is 19.9 Å². The summed E-state index contributed by atoms with van der Waals surface area (Å²) in [5.41, 5.74) is 0.397. The summed E-state index contributed by atoms with van der Waals surface area (Å²) in [4.78, 5) is 0. The number of hydrogen-bond acceptors (Lipinski definition) is 5. The smallest absolute Gasteiger partial charge is 0.141 e. The predicted molar refractivity (Wildman–Crippen MR) is 76.3 cm³/mol. The van der Waals surface area contributed by atoms with Crippen LogP contribution in [-0.2, 0) is 22.6 Å². The maximum atomic E-state index is 9.61. The molecule has 1 heterocycles. The molecule has 0 atom stereocenters. The number of aliphatic hydroxyl groups is 1. The van der Waals surface area contributed by atoms with Gasteiger partial charge in [0.2, 0.25) is 0 Å². The molecule has 6 nitrogen and oxygen atoms in total. The number of unbranched alkanes of at least 4 members (excludes halogenated alkanes) is 2. The number of aryl methyl sites for hydroxylation is 1. The fourth-order valence-corrected chi connectivity index (χ4v) is 1.83. The molecule has 0 saturated heterocycles. The number of nitrogens with zero attached hydrogens (tertiary/aromatic N) is 3. The summed E-state index contributed by atoms with van der Waals surface area (Å²) in [5, 5.41) is 17.7. The van der Waals surface area contributed by atoms with Gasteiger partial charge in [0, 0.05) is 7.09 Å². The van der Waals surface area contributed by atoms with Crippen LogP contribution in [0.15, 0.2) is 6.20 Å². The summed E-state index contributed by atoms with van der Waals surface area (Å²) in [6.45, 7) is 4.91. The molecular weight excluding hydrogens is 258 g/mol. The van der Waals surface area contributed by atoms with Crippen LogP contribution < -0.4 is 0 Å². The Morgan fingerprint density at radius 3 is 2.95 bits per heavy atom. The normalized spacial score (nSPS) is 12.7. The minimum Gasteiger partial charge on any atom is -0.390 e. The first-order valence-electron chi connectivity index (χ1n) is 7.78. The van der Waals surface area contributed by atoms with Gasteiger partial charge < -0.3 is 14.6 Å². The van der Waals surface area contributed by atoms with Crippen molar-refractivity contribution in [3.05, 3.63) is 11.9 Å². The summed E-state index contributed by atoms with van der Waals surface area (Å²) in [5.74, 6) is 0. The molecule has 0 aromatic carbocycles. The fraction of sp³-hybridized carbons (Fsp3) is 0.857. The predicted octanol–water partition coefficient (Wildman–Crippen LogP) is 1.77. The van der Waals surface area contributed by atoms with E-state index in [0.717, 1.165) is 37.8 Å². The van der Waals surface area contributed by atoms with Crippen molar-refractivity contribution in [1.29, 1.82) is 0 Å². The standard InChI is InChI=1S/C14H27N3O3/c1-14(2,18)8-6-4-5-7-13-11-17(16-15-13)12-20-10-9-19-3/h11,18H,4-10,12H2,1-3H3/i3D. The second-order valence-corrected chi connectivity index (χ2v) is 5.57. The molecule has 116 valence electrons. The van der Waals surface area contributed by atoms with Crippen molar-refractivity contribution in [2.75, 3.05) is 20.3 Å². The quantitative estimate of drug-likeness (QED) is 0.628. The van der Waals surface area contributed by atoms with E-state index in [9.17, 15) is 5.11 Å². The SMILES string of the molecule is [2H]COCCOCn1cc(CCCCCC(C)(C)O)nn1. The maximum Gasteiger partial charge on any atom is 0.141 e. The molecule has 1 aromatic rings. The van der Waals surface area contributed by atoms with E-state index in [1.54, 1.807) is 4.68 Å². The first-order valence-corrected chi connectivity index (χ1v) is 7.07. The average Bonchev–Trinajstić information content (AvgIpc) is 2.85. The van der Waals surface area contributed by atoms with Crippen LogP contribution in [0.4, 0.5) is 0 Å². The molecule has 1 aromatic heterocycles. The lowest BCUT2D eigenvalue weighted by molar-refractivity contribution is 0.0280. The fourth-order valence-electron chi connectivity index (χ4n) is 1.83. The minimum atomic E-state index is -0.565. The Kier molecular flexibility index (Phi) is 6.97. The molecule has 0 bridgehead atoms. The van der Waals surface area contributed by atoms with Crippen molar-refractivity contribution in [3.8, 4) is 0 Å². The van der Waals surface area contributed by atoms with Crippen LogP contribution in [-0.4, -0.2) is 46.0 Å². The molecule has 1 N–H and O–H groups in total. The number of rotatable bonds is 11. The molecule has 0 unspecified atom stereocenters. The highest BCUT2D eigenvalue weighted by Crippen LogP contribution is 2.14. The number of hydrogen-bond donors (Lipinski definition) is 1. The monoisotopic (exact) mass is 286 g/mol. The zero-order valence-electron chi connectivity index (χ0n) is 13.5. The van der Waals surface area contributed by atoms with Crippen LogP contribution in [0.5, 0.6) is 0 Å². The summed E-state index contributed by atoms with van der Waals surface area (Å²) in [6, 6.07) is 0. The molecule has 0 radical (unpaired) electrons. The Balaban J connectivity index is 2.08. The van der Waals surface area contributed by atoms with Crippen LogP contribution in [0.3, 0.4) is 0 Å². The van der Waals surface area contributed by atoms with Crippen LogP contribution in [0.2, 0.25) is 0 Å². The summed E-state index contributed by atoms with van der Waals surface area (Å²) in [6.07, 6.45) is 6.77. The molecule has 0 aliphatic rings. The molecule has 0 aliphatic carbocycles. The van der Waals surface area contributed by atoms with E-state index in [2.05, 4.69) is 10.3 Å². The van der Waals surface area contributed by atoms with Crippen LogP contribution in [0.1, 0.15) is 46.6 Å². The Labute approximate surface area is 122 Å². The van der Waals surface area contributed by atoms with Gasteiger partial charge in [0.05, 0.1) is 32.1 Å².